The van der Waals surface area contributed by atoms with Crippen LogP contribution in [0.4, 0.5) is 4.39 Å². The van der Waals surface area contributed by atoms with Crippen molar-refractivity contribution in [1.29, 1.82) is 0 Å². The quantitative estimate of drug-likeness (QED) is 0.814. The molecule has 0 aromatic heterocycles. The van der Waals surface area contributed by atoms with Gasteiger partial charge in [-0.2, -0.15) is 0 Å². The van der Waals surface area contributed by atoms with E-state index >= 15 is 0 Å². The highest BCUT2D eigenvalue weighted by molar-refractivity contribution is 5.20. The lowest BCUT2D eigenvalue weighted by molar-refractivity contribution is 0.255. The average Bonchev–Trinajstić information content (AvgIpc) is 2.32. The maximum atomic E-state index is 12.7. The van der Waals surface area contributed by atoms with Crippen molar-refractivity contribution in [2.75, 3.05) is 26.7 Å². The minimum absolute atomic E-state index is 0.137. The predicted octanol–water partition coefficient (Wildman–Crippen LogP) is 2.63. The number of rotatable bonds is 1. The van der Waals surface area contributed by atoms with Gasteiger partial charge in [0.05, 0.1) is 0 Å². The molecule has 2 rings (SSSR count). The predicted molar refractivity (Wildman–Crippen MR) is 68.6 cm³/mol. The molecular weight excluding hydrogens is 217 g/mol. The molecule has 1 aromatic carbocycles. The minimum atomic E-state index is -0.137. The van der Waals surface area contributed by atoms with Gasteiger partial charge in [-0.3, -0.25) is 0 Å². The Morgan fingerprint density at radius 1 is 1.24 bits per heavy atom. The number of aliphatic hydroxyl groups is 1. The zero-order chi connectivity index (χ0) is 12.7. The van der Waals surface area contributed by atoms with E-state index < -0.39 is 0 Å². The number of aliphatic hydroxyl groups excluding tert-OH is 1. The lowest BCUT2D eigenvalue weighted by Crippen LogP contribution is -2.29. The van der Waals surface area contributed by atoms with Gasteiger partial charge in [-0.25, -0.2) is 4.39 Å². The molecule has 3 heteroatoms. The molecule has 1 heterocycles. The van der Waals surface area contributed by atoms with Crippen molar-refractivity contribution in [1.82, 2.24) is 4.90 Å². The molecule has 2 nitrogen and oxygen atoms in total. The van der Waals surface area contributed by atoms with Crippen LogP contribution in [-0.2, 0) is 0 Å². The van der Waals surface area contributed by atoms with Gasteiger partial charge in [0.2, 0.25) is 0 Å². The van der Waals surface area contributed by atoms with Crippen LogP contribution in [0.3, 0.4) is 0 Å². The summed E-state index contributed by atoms with van der Waals surface area (Å²) in [6.45, 7) is 4.24. The Kier molecular flexibility index (Phi) is 6.16. The molecule has 0 saturated carbocycles. The number of halogens is 1. The third-order valence-corrected chi connectivity index (χ3v) is 3.06. The van der Waals surface area contributed by atoms with Crippen molar-refractivity contribution in [3.8, 4) is 0 Å². The van der Waals surface area contributed by atoms with Gasteiger partial charge in [-0.1, -0.05) is 12.1 Å². The molecular formula is C14H22FNO. The van der Waals surface area contributed by atoms with Crippen molar-refractivity contribution >= 4 is 0 Å². The topological polar surface area (TPSA) is 23.5 Å². The molecule has 0 bridgehead atoms. The van der Waals surface area contributed by atoms with E-state index in [0.29, 0.717) is 5.92 Å². The number of hydrogen-bond donors (Lipinski definition) is 1. The molecule has 17 heavy (non-hydrogen) atoms. The minimum Gasteiger partial charge on any atom is -0.397 e. The van der Waals surface area contributed by atoms with Crippen molar-refractivity contribution in [3.05, 3.63) is 35.6 Å². The third-order valence-electron chi connectivity index (χ3n) is 3.06. The highest BCUT2D eigenvalue weighted by Crippen LogP contribution is 2.27. The van der Waals surface area contributed by atoms with E-state index in [2.05, 4.69) is 11.9 Å². The summed E-state index contributed by atoms with van der Waals surface area (Å²) in [7, 11) is 2.15. The van der Waals surface area contributed by atoms with Crippen molar-refractivity contribution in [2.24, 2.45) is 0 Å². The van der Waals surface area contributed by atoms with Crippen LogP contribution in [0.5, 0.6) is 0 Å². The maximum absolute atomic E-state index is 12.7. The van der Waals surface area contributed by atoms with Crippen LogP contribution in [0.25, 0.3) is 0 Å². The third kappa shape index (κ3) is 4.84. The van der Waals surface area contributed by atoms with Gasteiger partial charge in [-0.05, 0) is 63.5 Å². The van der Waals surface area contributed by atoms with Crippen LogP contribution >= 0.6 is 0 Å². The van der Waals surface area contributed by atoms with Crippen LogP contribution in [0.2, 0.25) is 0 Å². The van der Waals surface area contributed by atoms with Crippen molar-refractivity contribution in [2.45, 2.75) is 25.7 Å². The van der Waals surface area contributed by atoms with Gasteiger partial charge < -0.3 is 10.0 Å². The fourth-order valence-corrected chi connectivity index (χ4v) is 2.08. The Balaban J connectivity index is 0.000000437. The Morgan fingerprint density at radius 2 is 1.71 bits per heavy atom. The second kappa shape index (κ2) is 7.41. The molecule has 1 aliphatic rings. The summed E-state index contributed by atoms with van der Waals surface area (Å²) in [4.78, 5) is 2.35. The molecule has 1 N–H and O–H groups in total. The van der Waals surface area contributed by atoms with E-state index in [-0.39, 0.29) is 12.4 Å². The first-order valence-corrected chi connectivity index (χ1v) is 6.22. The van der Waals surface area contributed by atoms with Crippen LogP contribution in [-0.4, -0.2) is 36.8 Å². The zero-order valence-electron chi connectivity index (χ0n) is 10.7. The fourth-order valence-electron chi connectivity index (χ4n) is 2.08. The maximum Gasteiger partial charge on any atom is 0.123 e. The molecule has 1 aromatic rings. The number of hydrogen-bond acceptors (Lipinski definition) is 2. The first-order chi connectivity index (χ1) is 8.17. The molecule has 0 unspecified atom stereocenters. The zero-order valence-corrected chi connectivity index (χ0v) is 10.7. The largest absolute Gasteiger partial charge is 0.397 e. The first kappa shape index (κ1) is 14.1. The molecule has 0 radical (unpaired) electrons. The number of nitrogens with zero attached hydrogens (tertiary/aromatic N) is 1. The Morgan fingerprint density at radius 3 is 2.18 bits per heavy atom. The summed E-state index contributed by atoms with van der Waals surface area (Å²) >= 11 is 0. The van der Waals surface area contributed by atoms with Crippen LogP contribution in [0.15, 0.2) is 24.3 Å². The molecule has 0 atom stereocenters. The van der Waals surface area contributed by atoms with Crippen molar-refractivity contribution in [3.63, 3.8) is 0 Å². The highest BCUT2D eigenvalue weighted by Gasteiger charge is 2.17. The second-order valence-electron chi connectivity index (χ2n) is 4.45. The smallest absolute Gasteiger partial charge is 0.123 e. The molecule has 0 amide bonds. The van der Waals surface area contributed by atoms with Gasteiger partial charge in [-0.15, -0.1) is 0 Å². The van der Waals surface area contributed by atoms with E-state index in [1.54, 1.807) is 19.1 Å². The second-order valence-corrected chi connectivity index (χ2v) is 4.45. The van der Waals surface area contributed by atoms with Crippen LogP contribution in [0.1, 0.15) is 31.2 Å². The Bertz CT molecular complexity index is 305. The fraction of sp³-hybridized carbons (Fsp3) is 0.571. The Labute approximate surface area is 103 Å². The summed E-state index contributed by atoms with van der Waals surface area (Å²) < 4.78 is 12.7. The van der Waals surface area contributed by atoms with Crippen LogP contribution < -0.4 is 0 Å². The lowest BCUT2D eigenvalue weighted by atomic mass is 9.90. The van der Waals surface area contributed by atoms with Gasteiger partial charge >= 0.3 is 0 Å². The van der Waals surface area contributed by atoms with Crippen LogP contribution in [0, 0.1) is 5.82 Å². The van der Waals surface area contributed by atoms with E-state index in [0.717, 1.165) is 13.1 Å². The van der Waals surface area contributed by atoms with Gasteiger partial charge in [0.25, 0.3) is 0 Å². The summed E-state index contributed by atoms with van der Waals surface area (Å²) in [5, 5.41) is 7.57. The Hall–Kier alpha value is -0.930. The summed E-state index contributed by atoms with van der Waals surface area (Å²) in [6, 6.07) is 6.97. The van der Waals surface area contributed by atoms with E-state index in [1.165, 1.54) is 18.4 Å². The SMILES string of the molecule is CCO.CN1CCC(c2ccc(F)cc2)CC1. The molecule has 96 valence electrons. The molecule has 0 aliphatic carbocycles. The standard InChI is InChI=1S/C12H16FN.C2H6O/c1-14-8-6-11(7-9-14)10-2-4-12(13)5-3-10;1-2-3/h2-5,11H,6-9H2,1H3;3H,2H2,1H3. The van der Waals surface area contributed by atoms with Gasteiger partial charge in [0.15, 0.2) is 0 Å². The highest BCUT2D eigenvalue weighted by atomic mass is 19.1. The number of benzene rings is 1. The normalized spacial score (nSPS) is 17.4. The van der Waals surface area contributed by atoms with E-state index in [1.807, 2.05) is 12.1 Å². The van der Waals surface area contributed by atoms with Gasteiger partial charge in [0.1, 0.15) is 5.82 Å². The van der Waals surface area contributed by atoms with E-state index in [4.69, 9.17) is 5.11 Å². The molecule has 0 spiro atoms. The van der Waals surface area contributed by atoms with Gasteiger partial charge in [0, 0.05) is 6.61 Å². The van der Waals surface area contributed by atoms with Crippen molar-refractivity contribution < 1.29 is 9.50 Å². The molecule has 1 fully saturated rings. The molecule has 1 saturated heterocycles. The average molecular weight is 239 g/mol. The first-order valence-electron chi connectivity index (χ1n) is 6.22. The summed E-state index contributed by atoms with van der Waals surface area (Å²) in [5.41, 5.74) is 1.29. The summed E-state index contributed by atoms with van der Waals surface area (Å²) in [6.07, 6.45) is 2.39. The number of likely N-dealkylation sites (tertiary alicyclic amines) is 1. The summed E-state index contributed by atoms with van der Waals surface area (Å²) in [5.74, 6) is 0.494. The van der Waals surface area contributed by atoms with E-state index in [9.17, 15) is 4.39 Å². The lowest BCUT2D eigenvalue weighted by Gasteiger charge is -2.29. The molecule has 1 aliphatic heterocycles. The monoisotopic (exact) mass is 239 g/mol. The number of piperidine rings is 1.